The standard InChI is InChI=1S/C19H25N9O/c20-15-3-1-2-4-16(15)25-19-22-11-14(17(21)29)18(26-19)24-12-5-7-13(8-6-12)28-10-9-23-27-28/h5-8,11,15-16H,1-4,9-10,20H2,(H2,21,29)(H2,22,24,25,26)/t15-,16+/m0/s1. The van der Waals surface area contributed by atoms with Crippen molar-refractivity contribution in [2.45, 2.75) is 37.8 Å². The predicted molar refractivity (Wildman–Crippen MR) is 111 cm³/mol. The Morgan fingerprint density at radius 3 is 2.66 bits per heavy atom. The third-order valence-corrected chi connectivity index (χ3v) is 5.20. The lowest BCUT2D eigenvalue weighted by Crippen LogP contribution is -2.43. The van der Waals surface area contributed by atoms with Crippen LogP contribution in [0, 0.1) is 0 Å². The van der Waals surface area contributed by atoms with Crippen LogP contribution in [0.1, 0.15) is 36.0 Å². The lowest BCUT2D eigenvalue weighted by atomic mass is 9.91. The molecule has 1 aromatic carbocycles. The van der Waals surface area contributed by atoms with Crippen molar-refractivity contribution < 1.29 is 4.79 Å². The van der Waals surface area contributed by atoms with Crippen LogP contribution < -0.4 is 27.1 Å². The maximum Gasteiger partial charge on any atom is 0.254 e. The zero-order valence-electron chi connectivity index (χ0n) is 16.1. The average molecular weight is 395 g/mol. The fraction of sp³-hybridized carbons (Fsp3) is 0.421. The van der Waals surface area contributed by atoms with E-state index in [9.17, 15) is 4.79 Å². The molecular formula is C19H25N9O. The highest BCUT2D eigenvalue weighted by Crippen LogP contribution is 2.25. The molecule has 4 rings (SSSR count). The number of nitrogens with zero attached hydrogens (tertiary/aromatic N) is 5. The van der Waals surface area contributed by atoms with E-state index in [1.807, 2.05) is 29.3 Å². The van der Waals surface area contributed by atoms with Crippen LogP contribution in [0.15, 0.2) is 40.8 Å². The molecule has 0 radical (unpaired) electrons. The number of nitrogens with two attached hydrogens (primary N) is 2. The lowest BCUT2D eigenvalue weighted by molar-refractivity contribution is 0.100. The molecule has 1 aliphatic heterocycles. The molecule has 2 aliphatic rings. The molecule has 1 fully saturated rings. The zero-order chi connectivity index (χ0) is 20.2. The Hall–Kier alpha value is -3.27. The number of carbonyl (C=O) groups is 1. The van der Waals surface area contributed by atoms with Gasteiger partial charge in [0.05, 0.1) is 18.8 Å². The molecule has 1 amide bonds. The molecule has 1 aliphatic carbocycles. The molecule has 0 bridgehead atoms. The topological polar surface area (TPSA) is 147 Å². The van der Waals surface area contributed by atoms with Crippen LogP contribution in [-0.4, -0.2) is 41.0 Å². The Bertz CT molecular complexity index is 899. The largest absolute Gasteiger partial charge is 0.365 e. The van der Waals surface area contributed by atoms with Gasteiger partial charge in [-0.25, -0.2) is 9.99 Å². The van der Waals surface area contributed by atoms with Crippen LogP contribution in [0.4, 0.5) is 23.1 Å². The van der Waals surface area contributed by atoms with Crippen molar-refractivity contribution in [2.75, 3.05) is 28.7 Å². The minimum Gasteiger partial charge on any atom is -0.365 e. The van der Waals surface area contributed by atoms with E-state index in [-0.39, 0.29) is 17.6 Å². The fourth-order valence-electron chi connectivity index (χ4n) is 3.57. The van der Waals surface area contributed by atoms with E-state index in [2.05, 4.69) is 30.9 Å². The van der Waals surface area contributed by atoms with Crippen LogP contribution in [-0.2, 0) is 0 Å². The molecule has 1 saturated carbocycles. The summed E-state index contributed by atoms with van der Waals surface area (Å²) in [4.78, 5) is 20.6. The number of anilines is 4. The molecule has 6 N–H and O–H groups in total. The average Bonchev–Trinajstić information content (AvgIpc) is 3.25. The molecule has 29 heavy (non-hydrogen) atoms. The first-order chi connectivity index (χ1) is 14.1. The SMILES string of the molecule is NC(=O)c1cnc(N[C@@H]2CCCC[C@@H]2N)nc1Nc1ccc(N2CCN=N2)cc1. The van der Waals surface area contributed by atoms with Crippen molar-refractivity contribution in [1.82, 2.24) is 9.97 Å². The van der Waals surface area contributed by atoms with Gasteiger partial charge in [0, 0.05) is 24.0 Å². The summed E-state index contributed by atoms with van der Waals surface area (Å²) in [6.45, 7) is 1.46. The number of rotatable bonds is 6. The summed E-state index contributed by atoms with van der Waals surface area (Å²) in [6.07, 6.45) is 5.65. The maximum atomic E-state index is 11.8. The molecule has 0 unspecified atom stereocenters. The van der Waals surface area contributed by atoms with Crippen LogP contribution in [0.3, 0.4) is 0 Å². The van der Waals surface area contributed by atoms with Gasteiger partial charge >= 0.3 is 0 Å². The highest BCUT2D eigenvalue weighted by atomic mass is 16.1. The van der Waals surface area contributed by atoms with Crippen molar-refractivity contribution in [3.8, 4) is 0 Å². The van der Waals surface area contributed by atoms with Crippen molar-refractivity contribution >= 4 is 29.0 Å². The van der Waals surface area contributed by atoms with Gasteiger partial charge in [0.15, 0.2) is 0 Å². The Balaban J connectivity index is 1.53. The quantitative estimate of drug-likeness (QED) is 0.586. The van der Waals surface area contributed by atoms with E-state index in [0.717, 1.165) is 43.6 Å². The van der Waals surface area contributed by atoms with Gasteiger partial charge in [-0.3, -0.25) is 4.79 Å². The predicted octanol–water partition coefficient (Wildman–Crippen LogP) is 2.19. The van der Waals surface area contributed by atoms with Crippen molar-refractivity contribution in [2.24, 2.45) is 21.8 Å². The van der Waals surface area contributed by atoms with E-state index < -0.39 is 5.91 Å². The van der Waals surface area contributed by atoms with Gasteiger partial charge in [-0.1, -0.05) is 18.1 Å². The van der Waals surface area contributed by atoms with Crippen LogP contribution in [0.25, 0.3) is 0 Å². The summed E-state index contributed by atoms with van der Waals surface area (Å²) in [5.41, 5.74) is 13.6. The smallest absolute Gasteiger partial charge is 0.254 e. The van der Waals surface area contributed by atoms with Crippen LogP contribution in [0.2, 0.25) is 0 Å². The number of aromatic nitrogens is 2. The second kappa shape index (κ2) is 8.39. The van der Waals surface area contributed by atoms with E-state index in [4.69, 9.17) is 11.5 Å². The third kappa shape index (κ3) is 4.43. The minimum atomic E-state index is -0.595. The number of primary amides is 1. The molecule has 2 heterocycles. The van der Waals surface area contributed by atoms with Gasteiger partial charge in [0.25, 0.3) is 5.91 Å². The summed E-state index contributed by atoms with van der Waals surface area (Å²) in [7, 11) is 0. The molecule has 0 saturated heterocycles. The van der Waals surface area contributed by atoms with Crippen molar-refractivity contribution in [3.63, 3.8) is 0 Å². The molecule has 2 aromatic rings. The first kappa shape index (κ1) is 19.1. The Kier molecular flexibility index (Phi) is 5.52. The maximum absolute atomic E-state index is 11.8. The van der Waals surface area contributed by atoms with E-state index in [0.29, 0.717) is 18.3 Å². The number of carbonyl (C=O) groups excluding carboxylic acids is 1. The molecule has 2 atom stereocenters. The molecule has 10 heteroatoms. The zero-order valence-corrected chi connectivity index (χ0v) is 16.1. The van der Waals surface area contributed by atoms with Gasteiger partial charge in [-0.05, 0) is 37.1 Å². The van der Waals surface area contributed by atoms with Crippen molar-refractivity contribution in [1.29, 1.82) is 0 Å². The van der Waals surface area contributed by atoms with E-state index in [1.165, 1.54) is 6.20 Å². The van der Waals surface area contributed by atoms with Gasteiger partial charge in [0.2, 0.25) is 5.95 Å². The summed E-state index contributed by atoms with van der Waals surface area (Å²) in [5.74, 6) is 0.185. The molecule has 0 spiro atoms. The van der Waals surface area contributed by atoms with Gasteiger partial charge in [-0.2, -0.15) is 10.1 Å². The normalized spacial score (nSPS) is 21.2. The number of hydrogen-bond acceptors (Lipinski definition) is 9. The molecule has 152 valence electrons. The highest BCUT2D eigenvalue weighted by Gasteiger charge is 2.23. The summed E-state index contributed by atoms with van der Waals surface area (Å²) in [5, 5.41) is 16.3. The van der Waals surface area contributed by atoms with Crippen molar-refractivity contribution in [3.05, 3.63) is 36.0 Å². The Morgan fingerprint density at radius 1 is 1.17 bits per heavy atom. The monoisotopic (exact) mass is 395 g/mol. The number of benzene rings is 1. The Morgan fingerprint density at radius 2 is 1.97 bits per heavy atom. The summed E-state index contributed by atoms with van der Waals surface area (Å²) in [6, 6.07) is 7.82. The second-order valence-electron chi connectivity index (χ2n) is 7.27. The second-order valence-corrected chi connectivity index (χ2v) is 7.27. The fourth-order valence-corrected chi connectivity index (χ4v) is 3.57. The first-order valence-electron chi connectivity index (χ1n) is 9.81. The number of hydrogen-bond donors (Lipinski definition) is 4. The lowest BCUT2D eigenvalue weighted by Gasteiger charge is -2.29. The first-order valence-corrected chi connectivity index (χ1v) is 9.81. The minimum absolute atomic E-state index is 0.0647. The summed E-state index contributed by atoms with van der Waals surface area (Å²) < 4.78 is 0. The van der Waals surface area contributed by atoms with Crippen LogP contribution >= 0.6 is 0 Å². The van der Waals surface area contributed by atoms with Gasteiger partial charge in [0.1, 0.15) is 11.4 Å². The van der Waals surface area contributed by atoms with Crippen LogP contribution in [0.5, 0.6) is 0 Å². The molecule has 1 aromatic heterocycles. The number of amides is 1. The third-order valence-electron chi connectivity index (χ3n) is 5.20. The summed E-state index contributed by atoms with van der Waals surface area (Å²) >= 11 is 0. The van der Waals surface area contributed by atoms with E-state index >= 15 is 0 Å². The molecule has 10 nitrogen and oxygen atoms in total. The van der Waals surface area contributed by atoms with Gasteiger partial charge < -0.3 is 22.1 Å². The highest BCUT2D eigenvalue weighted by molar-refractivity contribution is 5.98. The Labute approximate surface area is 168 Å². The molecular weight excluding hydrogens is 370 g/mol. The van der Waals surface area contributed by atoms with Gasteiger partial charge in [-0.15, -0.1) is 0 Å². The van der Waals surface area contributed by atoms with E-state index in [1.54, 1.807) is 0 Å². The number of nitrogens with one attached hydrogen (secondary N) is 2.